The van der Waals surface area contributed by atoms with Gasteiger partial charge in [0.05, 0.1) is 39.3 Å². The van der Waals surface area contributed by atoms with Crippen LogP contribution in [0.25, 0.3) is 0 Å². The topological polar surface area (TPSA) is 47.9 Å². The van der Waals surface area contributed by atoms with Gasteiger partial charge in [0.1, 0.15) is 12.4 Å². The van der Waals surface area contributed by atoms with Gasteiger partial charge in [-0.3, -0.25) is 0 Å². The average molecular weight is 363 g/mol. The second-order valence-corrected chi connectivity index (χ2v) is 4.66. The smallest absolute Gasteiger partial charge is 0.160 e. The van der Waals surface area contributed by atoms with Gasteiger partial charge in [0.15, 0.2) is 11.5 Å². The molecule has 0 fully saturated rings. The lowest BCUT2D eigenvalue weighted by molar-refractivity contribution is 0.0976. The predicted octanol–water partition coefficient (Wildman–Crippen LogP) is 4.16. The molecule has 0 aliphatic heterocycles. The average Bonchev–Trinajstić information content (AvgIpc) is 2.84. The van der Waals surface area contributed by atoms with Crippen molar-refractivity contribution in [3.63, 3.8) is 0 Å². The maximum absolute atomic E-state index is 10.6. The molecule has 0 aromatic heterocycles. The van der Waals surface area contributed by atoms with Crippen LogP contribution in [-0.4, -0.2) is 31.9 Å². The second kappa shape index (κ2) is 9.94. The predicted molar refractivity (Wildman–Crippen MR) is 99.8 cm³/mol. The number of ether oxygens (including phenoxy) is 3. The van der Waals surface area contributed by atoms with E-state index in [2.05, 4.69) is 9.47 Å². The van der Waals surface area contributed by atoms with Crippen LogP contribution in [0.3, 0.4) is 0 Å². The third-order valence-electron chi connectivity index (χ3n) is 2.79. The van der Waals surface area contributed by atoms with Crippen molar-refractivity contribution in [1.82, 2.24) is 0 Å². The van der Waals surface area contributed by atoms with E-state index in [1.165, 1.54) is 6.92 Å². The fraction of sp³-hybridized carbons (Fsp3) is 0.429. The zero-order valence-corrected chi connectivity index (χ0v) is 13.3. The molecule has 4 nitrogen and oxygen atoms in total. The molecule has 1 atom stereocenters. The van der Waals surface area contributed by atoms with Crippen LogP contribution in [-0.2, 0) is 6.37 Å². The number of hydrogen-bond donors (Lipinski definition) is 1. The molecule has 2 aromatic rings. The monoisotopic (exact) mass is 362 g/mol. The van der Waals surface area contributed by atoms with Gasteiger partial charge in [-0.05, 0) is 61.4 Å². The molecule has 0 aliphatic carbocycles. The van der Waals surface area contributed by atoms with Crippen LogP contribution in [0.15, 0.2) is 42.3 Å². The highest BCUT2D eigenvalue weighted by atomic mass is 16.5. The summed E-state index contributed by atoms with van der Waals surface area (Å²) in [5.41, 5.74) is -1.01. The lowest BCUT2D eigenvalue weighted by atomic mass is 10.0. The van der Waals surface area contributed by atoms with Gasteiger partial charge < -0.3 is 19.3 Å². The molecular weight excluding hydrogens is 316 g/mol. The number of hydrogen-bond acceptors (Lipinski definition) is 4. The highest BCUT2D eigenvalue weighted by Gasteiger charge is 2.07. The van der Waals surface area contributed by atoms with E-state index in [9.17, 15) is 5.11 Å². The lowest BCUT2D eigenvalue weighted by Gasteiger charge is -2.13. The zero-order chi connectivity index (χ0) is 33.7. The second-order valence-electron chi connectivity index (χ2n) is 4.66. The number of aliphatic hydroxyl groups is 1. The van der Waals surface area contributed by atoms with E-state index in [-0.39, 0.29) is 5.56 Å². The first-order valence-electron chi connectivity index (χ1n) is 16.1. The molecule has 0 spiro atoms. The van der Waals surface area contributed by atoms with Crippen molar-refractivity contribution in [2.75, 3.05) is 20.7 Å². The molecular formula is C21H28O4. The third kappa shape index (κ3) is 6.31. The minimum atomic E-state index is -3.32. The van der Waals surface area contributed by atoms with E-state index in [0.717, 1.165) is 0 Å². The minimum Gasteiger partial charge on any atom is -0.493 e. The first kappa shape index (κ1) is 6.20. The molecule has 4 heteroatoms. The molecule has 0 amide bonds. The van der Waals surface area contributed by atoms with Crippen molar-refractivity contribution >= 4 is 0 Å². The Morgan fingerprint density at radius 3 is 2.84 bits per heavy atom. The van der Waals surface area contributed by atoms with Gasteiger partial charge in [-0.1, -0.05) is 24.5 Å². The van der Waals surface area contributed by atoms with E-state index < -0.39 is 117 Å². The van der Waals surface area contributed by atoms with Crippen molar-refractivity contribution in [2.24, 2.45) is 0 Å². The van der Waals surface area contributed by atoms with Gasteiger partial charge in [0.25, 0.3) is 0 Å². The molecule has 2 rings (SSSR count). The Hall–Kier alpha value is -2.20. The summed E-state index contributed by atoms with van der Waals surface area (Å²) in [7, 11) is -6.59. The van der Waals surface area contributed by atoms with Crippen molar-refractivity contribution in [3.05, 3.63) is 53.4 Å². The van der Waals surface area contributed by atoms with Crippen LogP contribution in [0.1, 0.15) is 55.0 Å². The quantitative estimate of drug-likeness (QED) is 0.689. The highest BCUT2D eigenvalue weighted by molar-refractivity contribution is 5.42. The zero-order valence-electron chi connectivity index (χ0n) is 31.3. The SMILES string of the molecule is [2H]c1c([2H])c(C)c([2H])c(OCC([2H])(O)C([2H])([2H])CCC([2H])([2H])c2c([2H])c([2H])c(OC([2H])([2H])[2H])c(OC([2H])([2H])[2H])c2[2H])c1[2H]. The molecule has 0 saturated carbocycles. The molecule has 2 aromatic carbocycles. The van der Waals surface area contributed by atoms with E-state index in [1.54, 1.807) is 0 Å². The van der Waals surface area contributed by atoms with Gasteiger partial charge in [0, 0.05) is 5.48 Å². The summed E-state index contributed by atoms with van der Waals surface area (Å²) in [6.07, 6.45) is -11.0. The molecule has 0 aliphatic rings. The van der Waals surface area contributed by atoms with Gasteiger partial charge >= 0.3 is 0 Å². The Morgan fingerprint density at radius 2 is 2.00 bits per heavy atom. The Bertz CT molecular complexity index is 1340. The molecule has 0 heterocycles. The Labute approximate surface area is 175 Å². The first-order chi connectivity index (χ1) is 19.1. The van der Waals surface area contributed by atoms with Gasteiger partial charge in [-0.2, -0.15) is 0 Å². The minimum absolute atomic E-state index is 0.0380. The molecule has 1 unspecified atom stereocenters. The molecule has 0 radical (unpaired) electrons. The summed E-state index contributed by atoms with van der Waals surface area (Å²) in [6.45, 7) is 0.113. The van der Waals surface area contributed by atoms with E-state index >= 15 is 0 Å². The van der Waals surface area contributed by atoms with Crippen LogP contribution in [0.5, 0.6) is 17.2 Å². The fourth-order valence-electron chi connectivity index (χ4n) is 1.68. The summed E-state index contributed by atoms with van der Waals surface area (Å²) in [5, 5.41) is 10.6. The first-order valence-corrected chi connectivity index (χ1v) is 7.09. The largest absolute Gasteiger partial charge is 0.493 e. The van der Waals surface area contributed by atoms with Crippen LogP contribution in [0, 0.1) is 6.92 Å². The summed E-state index contributed by atoms with van der Waals surface area (Å²) < 4.78 is 156. The molecule has 25 heavy (non-hydrogen) atoms. The van der Waals surface area contributed by atoms with E-state index in [1.807, 2.05) is 0 Å². The molecule has 1 N–H and O–H groups in total. The van der Waals surface area contributed by atoms with E-state index in [4.69, 9.17) is 29.4 Å². The van der Waals surface area contributed by atoms with E-state index in [0.29, 0.717) is 0 Å². The summed E-state index contributed by atoms with van der Waals surface area (Å²) >= 11 is 0. The maximum atomic E-state index is 10.6. The number of rotatable bonds is 10. The summed E-state index contributed by atoms with van der Waals surface area (Å²) in [5.74, 6) is -2.87. The Balaban J connectivity index is 2.44. The fourth-order valence-corrected chi connectivity index (χ4v) is 1.68. The van der Waals surface area contributed by atoms with Crippen LogP contribution < -0.4 is 14.2 Å². The molecule has 0 bridgehead atoms. The molecule has 0 saturated heterocycles. The maximum Gasteiger partial charge on any atom is 0.160 e. The van der Waals surface area contributed by atoms with Crippen molar-refractivity contribution < 1.29 is 44.0 Å². The lowest BCUT2D eigenvalue weighted by Crippen LogP contribution is -2.17. The third-order valence-corrected chi connectivity index (χ3v) is 2.79. The van der Waals surface area contributed by atoms with Crippen LogP contribution in [0.4, 0.5) is 0 Å². The van der Waals surface area contributed by atoms with Crippen molar-refractivity contribution in [3.8, 4) is 17.2 Å². The van der Waals surface area contributed by atoms with Gasteiger partial charge in [0.2, 0.25) is 0 Å². The Morgan fingerprint density at radius 1 is 1.16 bits per heavy atom. The normalized spacial score (nSPS) is 25.7. The van der Waals surface area contributed by atoms with Gasteiger partial charge in [-0.15, -0.1) is 0 Å². The number of methoxy groups -OCH3 is 2. The van der Waals surface area contributed by atoms with Crippen molar-refractivity contribution in [2.45, 2.75) is 38.6 Å². The summed E-state index contributed by atoms with van der Waals surface area (Å²) in [4.78, 5) is 0. The molecule has 136 valence electrons. The van der Waals surface area contributed by atoms with Crippen LogP contribution in [0.2, 0.25) is 0 Å². The van der Waals surface area contributed by atoms with Crippen LogP contribution >= 0.6 is 0 Å². The highest BCUT2D eigenvalue weighted by Crippen LogP contribution is 2.28. The number of benzene rings is 2. The summed E-state index contributed by atoms with van der Waals surface area (Å²) in [6, 6.07) is -5.57. The van der Waals surface area contributed by atoms with Gasteiger partial charge in [-0.25, -0.2) is 0 Å². The van der Waals surface area contributed by atoms with Crippen molar-refractivity contribution in [1.29, 1.82) is 0 Å². The Kier molecular flexibility index (Phi) is 2.47. The standard InChI is InChI=1S/C21H28O4/c1-16-7-6-10-19(13-16)25-15-18(22)9-5-4-8-17-11-12-20(23-2)21(14-17)24-3/h6-7,10-14,18,22H,4-5,8-9,15H2,1-3H3/i2D3,3D3,6D,7D,8D2,9D2,10D,11D,12D,13D,14D,18D.